The molecule has 1 aliphatic heterocycles. The van der Waals surface area contributed by atoms with E-state index in [9.17, 15) is 9.59 Å². The average molecular weight is 423 g/mol. The number of ketones is 1. The van der Waals surface area contributed by atoms with Gasteiger partial charge < -0.3 is 14.2 Å². The van der Waals surface area contributed by atoms with Gasteiger partial charge in [0.1, 0.15) is 12.4 Å². The van der Waals surface area contributed by atoms with Crippen LogP contribution in [0.1, 0.15) is 43.0 Å². The summed E-state index contributed by atoms with van der Waals surface area (Å²) in [4.78, 5) is 25.7. The van der Waals surface area contributed by atoms with Crippen LogP contribution in [0.25, 0.3) is 0 Å². The Balaban J connectivity index is 1.56. The SMILES string of the molecule is Cc1ccc(C(=O)c2ccccc2C(=O)OCc2cc(Cl)cc3c2OCOC3)cc1. The first kappa shape index (κ1) is 20.1. The van der Waals surface area contributed by atoms with Gasteiger partial charge in [0.25, 0.3) is 0 Å². The molecule has 1 aliphatic rings. The van der Waals surface area contributed by atoms with Gasteiger partial charge in [-0.15, -0.1) is 0 Å². The van der Waals surface area contributed by atoms with E-state index in [0.29, 0.717) is 34.1 Å². The van der Waals surface area contributed by atoms with Crippen LogP contribution in [0.2, 0.25) is 5.02 Å². The lowest BCUT2D eigenvalue weighted by Crippen LogP contribution is -2.15. The largest absolute Gasteiger partial charge is 0.467 e. The maximum Gasteiger partial charge on any atom is 0.339 e. The number of hydrogen-bond acceptors (Lipinski definition) is 5. The van der Waals surface area contributed by atoms with E-state index in [1.165, 1.54) is 0 Å². The number of benzene rings is 3. The van der Waals surface area contributed by atoms with Gasteiger partial charge in [-0.3, -0.25) is 4.79 Å². The zero-order valence-corrected chi connectivity index (χ0v) is 17.1. The topological polar surface area (TPSA) is 61.8 Å². The number of halogens is 1. The summed E-state index contributed by atoms with van der Waals surface area (Å²) < 4.78 is 16.3. The summed E-state index contributed by atoms with van der Waals surface area (Å²) in [6, 6.07) is 17.3. The summed E-state index contributed by atoms with van der Waals surface area (Å²) in [6.45, 7) is 2.42. The first-order chi connectivity index (χ1) is 14.5. The van der Waals surface area contributed by atoms with Crippen LogP contribution in [0.15, 0.2) is 60.7 Å². The standard InChI is InChI=1S/C24H19ClO5/c1-15-6-8-16(9-7-15)22(26)20-4-2-3-5-21(20)24(27)29-13-18-11-19(25)10-17-12-28-14-30-23(17)18/h2-11H,12-14H2,1H3. The molecule has 0 saturated heterocycles. The van der Waals surface area contributed by atoms with Crippen LogP contribution < -0.4 is 4.74 Å². The van der Waals surface area contributed by atoms with E-state index in [0.717, 1.165) is 11.1 Å². The van der Waals surface area contributed by atoms with Crippen molar-refractivity contribution in [3.8, 4) is 5.75 Å². The number of carbonyl (C=O) groups excluding carboxylic acids is 2. The van der Waals surface area contributed by atoms with Crippen molar-refractivity contribution in [2.45, 2.75) is 20.1 Å². The molecule has 0 fully saturated rings. The van der Waals surface area contributed by atoms with E-state index < -0.39 is 5.97 Å². The average Bonchev–Trinajstić information content (AvgIpc) is 2.77. The Morgan fingerprint density at radius 2 is 1.77 bits per heavy atom. The fourth-order valence-electron chi connectivity index (χ4n) is 3.30. The molecule has 0 unspecified atom stereocenters. The highest BCUT2D eigenvalue weighted by Crippen LogP contribution is 2.32. The highest BCUT2D eigenvalue weighted by atomic mass is 35.5. The molecule has 0 aliphatic carbocycles. The molecule has 30 heavy (non-hydrogen) atoms. The van der Waals surface area contributed by atoms with Crippen LogP contribution in [0.5, 0.6) is 5.75 Å². The molecule has 0 atom stereocenters. The third-order valence-electron chi connectivity index (χ3n) is 4.82. The number of esters is 1. The molecule has 6 heteroatoms. The lowest BCUT2D eigenvalue weighted by Gasteiger charge is -2.21. The smallest absolute Gasteiger partial charge is 0.339 e. The second-order valence-corrected chi connectivity index (χ2v) is 7.42. The van der Waals surface area contributed by atoms with E-state index in [-0.39, 0.29) is 24.7 Å². The van der Waals surface area contributed by atoms with Gasteiger partial charge in [-0.1, -0.05) is 59.6 Å². The van der Waals surface area contributed by atoms with Crippen molar-refractivity contribution in [2.24, 2.45) is 0 Å². The number of aryl methyl sites for hydroxylation is 1. The van der Waals surface area contributed by atoms with Crippen LogP contribution in [0.3, 0.4) is 0 Å². The minimum absolute atomic E-state index is 0.0330. The van der Waals surface area contributed by atoms with Gasteiger partial charge >= 0.3 is 5.97 Å². The van der Waals surface area contributed by atoms with E-state index in [2.05, 4.69) is 0 Å². The van der Waals surface area contributed by atoms with E-state index in [4.69, 9.17) is 25.8 Å². The van der Waals surface area contributed by atoms with Crippen molar-refractivity contribution in [3.05, 3.63) is 99.1 Å². The first-order valence-corrected chi connectivity index (χ1v) is 9.80. The Bertz CT molecular complexity index is 1110. The van der Waals surface area contributed by atoms with Gasteiger partial charge in [-0.05, 0) is 25.1 Å². The van der Waals surface area contributed by atoms with Gasteiger partial charge in [0.15, 0.2) is 12.6 Å². The van der Waals surface area contributed by atoms with Crippen molar-refractivity contribution >= 4 is 23.4 Å². The Kier molecular flexibility index (Phi) is 5.84. The number of hydrogen-bond donors (Lipinski definition) is 0. The van der Waals surface area contributed by atoms with Crippen molar-refractivity contribution in [3.63, 3.8) is 0 Å². The lowest BCUT2D eigenvalue weighted by atomic mass is 9.98. The number of carbonyl (C=O) groups is 2. The summed E-state index contributed by atoms with van der Waals surface area (Å²) >= 11 is 6.16. The summed E-state index contributed by atoms with van der Waals surface area (Å²) in [6.07, 6.45) is 0. The van der Waals surface area contributed by atoms with E-state index in [1.54, 1.807) is 48.5 Å². The quantitative estimate of drug-likeness (QED) is 0.422. The third-order valence-corrected chi connectivity index (χ3v) is 5.03. The summed E-state index contributed by atoms with van der Waals surface area (Å²) in [7, 11) is 0. The van der Waals surface area contributed by atoms with Crippen molar-refractivity contribution in [2.75, 3.05) is 6.79 Å². The molecular formula is C24H19ClO5. The molecule has 3 aromatic rings. The molecule has 4 rings (SSSR count). The highest BCUT2D eigenvalue weighted by molar-refractivity contribution is 6.30. The molecule has 152 valence electrons. The first-order valence-electron chi connectivity index (χ1n) is 9.42. The maximum absolute atomic E-state index is 12.9. The summed E-state index contributed by atoms with van der Waals surface area (Å²) in [5, 5.41) is 0.504. The predicted octanol–water partition coefficient (Wildman–Crippen LogP) is 5.10. The van der Waals surface area contributed by atoms with E-state index >= 15 is 0 Å². The van der Waals surface area contributed by atoms with Crippen LogP contribution in [0, 0.1) is 6.92 Å². The van der Waals surface area contributed by atoms with Crippen molar-refractivity contribution in [1.82, 2.24) is 0 Å². The predicted molar refractivity (Wildman–Crippen MR) is 112 cm³/mol. The molecule has 0 spiro atoms. The second-order valence-electron chi connectivity index (χ2n) is 6.98. The minimum atomic E-state index is -0.591. The van der Waals surface area contributed by atoms with Crippen LogP contribution in [-0.2, 0) is 22.7 Å². The molecule has 1 heterocycles. The molecule has 0 radical (unpaired) electrons. The van der Waals surface area contributed by atoms with Gasteiger partial charge in [0.05, 0.1) is 12.2 Å². The van der Waals surface area contributed by atoms with Crippen LogP contribution in [0.4, 0.5) is 0 Å². The normalized spacial score (nSPS) is 12.6. The Morgan fingerprint density at radius 1 is 1.03 bits per heavy atom. The summed E-state index contributed by atoms with van der Waals surface area (Å²) in [5.74, 6) is -0.211. The van der Waals surface area contributed by atoms with Crippen molar-refractivity contribution < 1.29 is 23.8 Å². The highest BCUT2D eigenvalue weighted by Gasteiger charge is 2.21. The van der Waals surface area contributed by atoms with Gasteiger partial charge in [-0.25, -0.2) is 4.79 Å². The molecule has 3 aromatic carbocycles. The zero-order valence-electron chi connectivity index (χ0n) is 16.3. The van der Waals surface area contributed by atoms with Gasteiger partial charge in [0, 0.05) is 27.3 Å². The van der Waals surface area contributed by atoms with E-state index in [1.807, 2.05) is 19.1 Å². The fraction of sp³-hybridized carbons (Fsp3) is 0.167. The molecule has 0 N–H and O–H groups in total. The molecule has 0 bridgehead atoms. The summed E-state index contributed by atoms with van der Waals surface area (Å²) in [5.41, 5.74) is 3.52. The molecule has 0 aromatic heterocycles. The van der Waals surface area contributed by atoms with Gasteiger partial charge in [-0.2, -0.15) is 0 Å². The molecule has 0 amide bonds. The zero-order chi connectivity index (χ0) is 21.1. The number of fused-ring (bicyclic) bond motifs is 1. The Labute approximate surface area is 179 Å². The number of ether oxygens (including phenoxy) is 3. The van der Waals surface area contributed by atoms with Crippen LogP contribution >= 0.6 is 11.6 Å². The lowest BCUT2D eigenvalue weighted by molar-refractivity contribution is -0.0180. The molecule has 0 saturated carbocycles. The Hall–Kier alpha value is -3.15. The van der Waals surface area contributed by atoms with Crippen LogP contribution in [-0.4, -0.2) is 18.5 Å². The Morgan fingerprint density at radius 3 is 2.53 bits per heavy atom. The molecule has 5 nitrogen and oxygen atoms in total. The monoisotopic (exact) mass is 422 g/mol. The molecular weight excluding hydrogens is 404 g/mol. The minimum Gasteiger partial charge on any atom is -0.467 e. The van der Waals surface area contributed by atoms with Gasteiger partial charge in [0.2, 0.25) is 0 Å². The third kappa shape index (κ3) is 4.22. The second kappa shape index (κ2) is 8.69. The van der Waals surface area contributed by atoms with Crippen molar-refractivity contribution in [1.29, 1.82) is 0 Å². The fourth-order valence-corrected chi connectivity index (χ4v) is 3.57. The number of rotatable bonds is 5. The maximum atomic E-state index is 12.9.